The Morgan fingerprint density at radius 2 is 2.10 bits per heavy atom. The molecule has 0 amide bonds. The van der Waals surface area contributed by atoms with Crippen molar-refractivity contribution in [1.82, 2.24) is 15.0 Å². The second-order valence-electron chi connectivity index (χ2n) is 4.58. The number of nitrogens with one attached hydrogen (secondary N) is 2. The van der Waals surface area contributed by atoms with Gasteiger partial charge >= 0.3 is 0 Å². The molecule has 2 rings (SSSR count). The Morgan fingerprint density at radius 1 is 1.29 bits per heavy atom. The lowest BCUT2D eigenvalue weighted by atomic mass is 10.2. The summed E-state index contributed by atoms with van der Waals surface area (Å²) in [5.41, 5.74) is 0.907. The predicted octanol–water partition coefficient (Wildman–Crippen LogP) is 1.43. The van der Waals surface area contributed by atoms with Crippen molar-refractivity contribution in [3.8, 4) is 0 Å². The first kappa shape index (κ1) is 15.7. The van der Waals surface area contributed by atoms with Crippen molar-refractivity contribution in [2.24, 2.45) is 0 Å². The number of oxazole rings is 1. The molecule has 6 nitrogen and oxygen atoms in total. The Kier molecular flexibility index (Phi) is 5.11. The monoisotopic (exact) mass is 309 g/mol. The van der Waals surface area contributed by atoms with Crippen LogP contribution in [0.3, 0.4) is 0 Å². The molecule has 1 aromatic carbocycles. The van der Waals surface area contributed by atoms with Gasteiger partial charge in [0.25, 0.3) is 0 Å². The molecule has 0 saturated carbocycles. The first-order chi connectivity index (χ1) is 10.0. The van der Waals surface area contributed by atoms with Crippen LogP contribution in [-0.2, 0) is 29.5 Å². The van der Waals surface area contributed by atoms with E-state index in [4.69, 9.17) is 4.42 Å². The van der Waals surface area contributed by atoms with Crippen molar-refractivity contribution in [1.29, 1.82) is 0 Å². The van der Waals surface area contributed by atoms with Crippen LogP contribution in [0.15, 0.2) is 39.8 Å². The summed E-state index contributed by atoms with van der Waals surface area (Å²) in [5.74, 6) is 1.10. The Balaban J connectivity index is 2.09. The molecule has 2 aromatic rings. The number of aryl methyl sites for hydroxylation is 1. The molecule has 7 heteroatoms. The maximum absolute atomic E-state index is 12.2. The van der Waals surface area contributed by atoms with Crippen LogP contribution in [0.1, 0.15) is 24.1 Å². The SMILES string of the molecule is CCc1cnc(CNS(=O)(=O)c2cccc(CNC)c2)o1. The Bertz CT molecular complexity index is 695. The van der Waals surface area contributed by atoms with Crippen molar-refractivity contribution in [2.75, 3.05) is 7.05 Å². The maximum Gasteiger partial charge on any atom is 0.241 e. The van der Waals surface area contributed by atoms with Crippen LogP contribution in [0, 0.1) is 0 Å². The molecule has 0 aliphatic heterocycles. The van der Waals surface area contributed by atoms with Gasteiger partial charge in [0.2, 0.25) is 15.9 Å². The molecule has 1 heterocycles. The van der Waals surface area contributed by atoms with E-state index in [1.54, 1.807) is 24.4 Å². The van der Waals surface area contributed by atoms with Gasteiger partial charge in [-0.05, 0) is 24.7 Å². The molecule has 0 aliphatic rings. The number of hydrogen-bond acceptors (Lipinski definition) is 5. The zero-order valence-electron chi connectivity index (χ0n) is 12.1. The molecule has 1 aromatic heterocycles. The maximum atomic E-state index is 12.2. The van der Waals surface area contributed by atoms with Gasteiger partial charge in [-0.15, -0.1) is 0 Å². The molecule has 0 unspecified atom stereocenters. The fourth-order valence-corrected chi connectivity index (χ4v) is 2.90. The van der Waals surface area contributed by atoms with Gasteiger partial charge in [-0.25, -0.2) is 18.1 Å². The topological polar surface area (TPSA) is 84.2 Å². The minimum Gasteiger partial charge on any atom is -0.444 e. The third-order valence-corrected chi connectivity index (χ3v) is 4.35. The second kappa shape index (κ2) is 6.84. The molecule has 0 spiro atoms. The van der Waals surface area contributed by atoms with Gasteiger partial charge in [-0.3, -0.25) is 0 Å². The first-order valence-corrected chi connectivity index (χ1v) is 8.20. The van der Waals surface area contributed by atoms with Gasteiger partial charge in [0, 0.05) is 13.0 Å². The molecule has 21 heavy (non-hydrogen) atoms. The van der Waals surface area contributed by atoms with Gasteiger partial charge in [0.15, 0.2) is 0 Å². The highest BCUT2D eigenvalue weighted by Crippen LogP contribution is 2.12. The quantitative estimate of drug-likeness (QED) is 0.808. The average Bonchev–Trinajstić information content (AvgIpc) is 2.94. The number of aromatic nitrogens is 1. The van der Waals surface area contributed by atoms with Crippen LogP contribution in [0.25, 0.3) is 0 Å². The number of nitrogens with zero attached hydrogens (tertiary/aromatic N) is 1. The van der Waals surface area contributed by atoms with Gasteiger partial charge < -0.3 is 9.73 Å². The summed E-state index contributed by atoms with van der Waals surface area (Å²) in [7, 11) is -1.76. The molecular weight excluding hydrogens is 290 g/mol. The van der Waals surface area contributed by atoms with E-state index >= 15 is 0 Å². The largest absolute Gasteiger partial charge is 0.444 e. The Labute approximate surface area is 124 Å². The molecule has 0 saturated heterocycles. The number of sulfonamides is 1. The standard InChI is InChI=1S/C14H19N3O3S/c1-3-12-9-16-14(20-12)10-17-21(18,19)13-6-4-5-11(7-13)8-15-2/h4-7,9,15,17H,3,8,10H2,1-2H3. The van der Waals surface area contributed by atoms with E-state index in [9.17, 15) is 8.42 Å². The van der Waals surface area contributed by atoms with Crippen LogP contribution in [0.4, 0.5) is 0 Å². The van der Waals surface area contributed by atoms with Crippen molar-refractivity contribution in [3.05, 3.63) is 47.7 Å². The van der Waals surface area contributed by atoms with Crippen LogP contribution in [0.2, 0.25) is 0 Å². The molecular formula is C14H19N3O3S. The molecule has 0 aliphatic carbocycles. The second-order valence-corrected chi connectivity index (χ2v) is 6.34. The van der Waals surface area contributed by atoms with Gasteiger partial charge in [-0.1, -0.05) is 19.1 Å². The zero-order chi connectivity index (χ0) is 15.3. The lowest BCUT2D eigenvalue weighted by Crippen LogP contribution is -2.23. The third-order valence-electron chi connectivity index (χ3n) is 2.95. The molecule has 114 valence electrons. The summed E-state index contributed by atoms with van der Waals surface area (Å²) in [4.78, 5) is 4.26. The summed E-state index contributed by atoms with van der Waals surface area (Å²) in [5, 5.41) is 2.99. The fraction of sp³-hybridized carbons (Fsp3) is 0.357. The van der Waals surface area contributed by atoms with E-state index in [2.05, 4.69) is 15.0 Å². The summed E-state index contributed by atoms with van der Waals surface area (Å²) >= 11 is 0. The van der Waals surface area contributed by atoms with Crippen LogP contribution < -0.4 is 10.0 Å². The Hall–Kier alpha value is -1.70. The third kappa shape index (κ3) is 4.13. The fourth-order valence-electron chi connectivity index (χ4n) is 1.86. The van der Waals surface area contributed by atoms with Crippen LogP contribution in [0.5, 0.6) is 0 Å². The van der Waals surface area contributed by atoms with Gasteiger partial charge in [0.1, 0.15) is 5.76 Å². The van der Waals surface area contributed by atoms with Gasteiger partial charge in [0.05, 0.1) is 17.6 Å². The number of hydrogen-bond donors (Lipinski definition) is 2. The first-order valence-electron chi connectivity index (χ1n) is 6.72. The molecule has 0 radical (unpaired) electrons. The van der Waals surface area contributed by atoms with E-state index < -0.39 is 10.0 Å². The summed E-state index contributed by atoms with van der Waals surface area (Å²) in [6.07, 6.45) is 2.34. The van der Waals surface area contributed by atoms with Crippen molar-refractivity contribution in [2.45, 2.75) is 31.3 Å². The average molecular weight is 309 g/mol. The highest BCUT2D eigenvalue weighted by molar-refractivity contribution is 7.89. The number of benzene rings is 1. The Morgan fingerprint density at radius 3 is 2.76 bits per heavy atom. The van der Waals surface area contributed by atoms with Crippen LogP contribution >= 0.6 is 0 Å². The number of rotatable bonds is 7. The van der Waals surface area contributed by atoms with Gasteiger partial charge in [-0.2, -0.15) is 0 Å². The predicted molar refractivity (Wildman–Crippen MR) is 79.1 cm³/mol. The van der Waals surface area contributed by atoms with Crippen LogP contribution in [-0.4, -0.2) is 20.4 Å². The smallest absolute Gasteiger partial charge is 0.241 e. The van der Waals surface area contributed by atoms with E-state index in [-0.39, 0.29) is 11.4 Å². The molecule has 0 bridgehead atoms. The lowest BCUT2D eigenvalue weighted by molar-refractivity contribution is 0.452. The molecule has 0 fully saturated rings. The van der Waals surface area contributed by atoms with Crippen molar-refractivity contribution >= 4 is 10.0 Å². The van der Waals surface area contributed by atoms with Crippen molar-refractivity contribution < 1.29 is 12.8 Å². The zero-order valence-corrected chi connectivity index (χ0v) is 12.9. The lowest BCUT2D eigenvalue weighted by Gasteiger charge is -2.07. The highest BCUT2D eigenvalue weighted by atomic mass is 32.2. The van der Waals surface area contributed by atoms with E-state index in [1.807, 2.05) is 20.0 Å². The molecule has 2 N–H and O–H groups in total. The highest BCUT2D eigenvalue weighted by Gasteiger charge is 2.15. The summed E-state index contributed by atoms with van der Waals surface area (Å²) in [6, 6.07) is 6.80. The summed E-state index contributed by atoms with van der Waals surface area (Å²) in [6.45, 7) is 2.60. The van der Waals surface area contributed by atoms with E-state index in [1.165, 1.54) is 0 Å². The molecule has 0 atom stereocenters. The van der Waals surface area contributed by atoms with Crippen molar-refractivity contribution in [3.63, 3.8) is 0 Å². The minimum absolute atomic E-state index is 0.0403. The van der Waals surface area contributed by atoms with E-state index in [0.717, 1.165) is 17.7 Å². The summed E-state index contributed by atoms with van der Waals surface area (Å²) < 4.78 is 32.3. The minimum atomic E-state index is -3.57. The van der Waals surface area contributed by atoms with E-state index in [0.29, 0.717) is 12.4 Å². The normalized spacial score (nSPS) is 11.7.